The zero-order chi connectivity index (χ0) is 8.10. The highest BCUT2D eigenvalue weighted by Crippen LogP contribution is 2.16. The van der Waals surface area contributed by atoms with Crippen molar-refractivity contribution in [2.24, 2.45) is 5.92 Å². The third-order valence-electron chi connectivity index (χ3n) is 2.33. The molecule has 0 spiro atoms. The molecule has 0 aliphatic carbocycles. The summed E-state index contributed by atoms with van der Waals surface area (Å²) in [7, 11) is 0. The number of hydrogen-bond acceptors (Lipinski definition) is 1. The first-order valence-electron chi connectivity index (χ1n) is 4.59. The van der Waals surface area contributed by atoms with Crippen LogP contribution in [0.2, 0.25) is 0 Å². The van der Waals surface area contributed by atoms with Gasteiger partial charge in [-0.2, -0.15) is 0 Å². The Balaban J connectivity index is 2.12. The van der Waals surface area contributed by atoms with Crippen LogP contribution in [0.5, 0.6) is 0 Å². The van der Waals surface area contributed by atoms with Gasteiger partial charge in [0, 0.05) is 13.0 Å². The Bertz CT molecular complexity index is 124. The quantitative estimate of drug-likeness (QED) is 0.660. The summed E-state index contributed by atoms with van der Waals surface area (Å²) in [6, 6.07) is 0. The number of hydrogen-bond donors (Lipinski definition) is 1. The maximum atomic E-state index is 10.8. The van der Waals surface area contributed by atoms with Crippen molar-refractivity contribution in [3.05, 3.63) is 0 Å². The molecule has 1 rings (SSSR count). The molecule has 0 aromatic rings. The largest absolute Gasteiger partial charge is 0.356 e. The molecule has 2 nitrogen and oxygen atoms in total. The second-order valence-electron chi connectivity index (χ2n) is 3.35. The van der Waals surface area contributed by atoms with Gasteiger partial charge < -0.3 is 5.32 Å². The summed E-state index contributed by atoms with van der Waals surface area (Å²) in [6.45, 7) is 3.13. The number of rotatable bonds is 3. The molecule has 11 heavy (non-hydrogen) atoms. The van der Waals surface area contributed by atoms with Gasteiger partial charge in [0.15, 0.2) is 0 Å². The molecule has 64 valence electrons. The number of unbranched alkanes of at least 4 members (excludes halogenated alkanes) is 1. The average Bonchev–Trinajstić information content (AvgIpc) is 2.04. The van der Waals surface area contributed by atoms with Crippen LogP contribution in [-0.2, 0) is 4.79 Å². The first-order chi connectivity index (χ1) is 5.33. The smallest absolute Gasteiger partial charge is 0.220 e. The lowest BCUT2D eigenvalue weighted by Crippen LogP contribution is -2.34. The molecule has 1 aliphatic heterocycles. The molecule has 1 aliphatic rings. The SMILES string of the molecule is CCCCC1CCC(=O)NC1. The van der Waals surface area contributed by atoms with Gasteiger partial charge in [0.2, 0.25) is 5.91 Å². The van der Waals surface area contributed by atoms with Gasteiger partial charge in [0.25, 0.3) is 0 Å². The molecule has 1 saturated heterocycles. The molecular weight excluding hydrogens is 138 g/mol. The van der Waals surface area contributed by atoms with Gasteiger partial charge in [-0.25, -0.2) is 0 Å². The lowest BCUT2D eigenvalue weighted by molar-refractivity contribution is -0.122. The van der Waals surface area contributed by atoms with Crippen LogP contribution in [0.25, 0.3) is 0 Å². The van der Waals surface area contributed by atoms with E-state index in [1.54, 1.807) is 0 Å². The summed E-state index contributed by atoms with van der Waals surface area (Å²) in [5.74, 6) is 0.991. The highest BCUT2D eigenvalue weighted by atomic mass is 16.1. The number of amides is 1. The monoisotopic (exact) mass is 155 g/mol. The van der Waals surface area contributed by atoms with Crippen molar-refractivity contribution >= 4 is 5.91 Å². The third kappa shape index (κ3) is 2.91. The van der Waals surface area contributed by atoms with E-state index in [1.165, 1.54) is 19.3 Å². The highest BCUT2D eigenvalue weighted by molar-refractivity contribution is 5.76. The Kier molecular flexibility index (Phi) is 3.40. The molecule has 0 aromatic carbocycles. The summed E-state index contributed by atoms with van der Waals surface area (Å²) in [5, 5.41) is 2.90. The standard InChI is InChI=1S/C9H17NO/c1-2-3-4-8-5-6-9(11)10-7-8/h8H,2-7H2,1H3,(H,10,11). The van der Waals surface area contributed by atoms with Gasteiger partial charge in [-0.3, -0.25) is 4.79 Å². The summed E-state index contributed by atoms with van der Waals surface area (Å²) in [4.78, 5) is 10.8. The van der Waals surface area contributed by atoms with Crippen LogP contribution < -0.4 is 5.32 Å². The normalized spacial score (nSPS) is 24.8. The van der Waals surface area contributed by atoms with Gasteiger partial charge in [0.05, 0.1) is 0 Å². The van der Waals surface area contributed by atoms with Crippen molar-refractivity contribution < 1.29 is 4.79 Å². The molecular formula is C9H17NO. The summed E-state index contributed by atoms with van der Waals surface area (Å²) in [6.07, 6.45) is 5.71. The van der Waals surface area contributed by atoms with E-state index in [-0.39, 0.29) is 5.91 Å². The first-order valence-corrected chi connectivity index (χ1v) is 4.59. The van der Waals surface area contributed by atoms with E-state index in [0.29, 0.717) is 0 Å². The fourth-order valence-corrected chi connectivity index (χ4v) is 1.52. The summed E-state index contributed by atoms with van der Waals surface area (Å²) >= 11 is 0. The van der Waals surface area contributed by atoms with Crippen LogP contribution in [0, 0.1) is 5.92 Å². The van der Waals surface area contributed by atoms with Crippen molar-refractivity contribution in [3.63, 3.8) is 0 Å². The van der Waals surface area contributed by atoms with Crippen molar-refractivity contribution in [2.75, 3.05) is 6.54 Å². The molecule has 2 heteroatoms. The minimum Gasteiger partial charge on any atom is -0.356 e. The first kappa shape index (κ1) is 8.57. The molecule has 1 fully saturated rings. The molecule has 0 aromatic heterocycles. The maximum Gasteiger partial charge on any atom is 0.220 e. The maximum absolute atomic E-state index is 10.8. The Hall–Kier alpha value is -0.530. The summed E-state index contributed by atoms with van der Waals surface area (Å²) in [5.41, 5.74) is 0. The predicted molar refractivity (Wildman–Crippen MR) is 45.3 cm³/mol. The average molecular weight is 155 g/mol. The second-order valence-corrected chi connectivity index (χ2v) is 3.35. The minimum absolute atomic E-state index is 0.234. The Labute approximate surface area is 68.4 Å². The molecule has 1 heterocycles. The highest BCUT2D eigenvalue weighted by Gasteiger charge is 2.16. The molecule has 1 amide bonds. The van der Waals surface area contributed by atoms with E-state index in [0.717, 1.165) is 25.3 Å². The van der Waals surface area contributed by atoms with Crippen molar-refractivity contribution in [1.29, 1.82) is 0 Å². The second kappa shape index (κ2) is 4.37. The Morgan fingerprint density at radius 1 is 1.64 bits per heavy atom. The van der Waals surface area contributed by atoms with Crippen LogP contribution in [0.1, 0.15) is 39.0 Å². The number of nitrogens with one attached hydrogen (secondary N) is 1. The van der Waals surface area contributed by atoms with Crippen molar-refractivity contribution in [3.8, 4) is 0 Å². The predicted octanol–water partition coefficient (Wildman–Crippen LogP) is 1.70. The van der Waals surface area contributed by atoms with Crippen LogP contribution in [-0.4, -0.2) is 12.5 Å². The lowest BCUT2D eigenvalue weighted by atomic mass is 9.94. The third-order valence-corrected chi connectivity index (χ3v) is 2.33. The van der Waals surface area contributed by atoms with Gasteiger partial charge >= 0.3 is 0 Å². The number of carbonyl (C=O) groups is 1. The minimum atomic E-state index is 0.234. The van der Waals surface area contributed by atoms with E-state index in [4.69, 9.17) is 0 Å². The Morgan fingerprint density at radius 2 is 2.45 bits per heavy atom. The van der Waals surface area contributed by atoms with Crippen molar-refractivity contribution in [2.45, 2.75) is 39.0 Å². The van der Waals surface area contributed by atoms with E-state index >= 15 is 0 Å². The number of carbonyl (C=O) groups excluding carboxylic acids is 1. The fourth-order valence-electron chi connectivity index (χ4n) is 1.52. The number of piperidine rings is 1. The Morgan fingerprint density at radius 3 is 3.00 bits per heavy atom. The molecule has 0 saturated carbocycles. The van der Waals surface area contributed by atoms with E-state index in [9.17, 15) is 4.79 Å². The van der Waals surface area contributed by atoms with Crippen LogP contribution >= 0.6 is 0 Å². The molecule has 1 atom stereocenters. The molecule has 1 unspecified atom stereocenters. The van der Waals surface area contributed by atoms with Gasteiger partial charge in [-0.15, -0.1) is 0 Å². The van der Waals surface area contributed by atoms with Crippen LogP contribution in [0.15, 0.2) is 0 Å². The van der Waals surface area contributed by atoms with Crippen LogP contribution in [0.3, 0.4) is 0 Å². The van der Waals surface area contributed by atoms with Gasteiger partial charge in [-0.05, 0) is 18.8 Å². The fraction of sp³-hybridized carbons (Fsp3) is 0.889. The topological polar surface area (TPSA) is 29.1 Å². The van der Waals surface area contributed by atoms with Gasteiger partial charge in [-0.1, -0.05) is 19.8 Å². The zero-order valence-corrected chi connectivity index (χ0v) is 7.23. The van der Waals surface area contributed by atoms with E-state index in [1.807, 2.05) is 0 Å². The van der Waals surface area contributed by atoms with Crippen molar-refractivity contribution in [1.82, 2.24) is 5.32 Å². The molecule has 0 bridgehead atoms. The van der Waals surface area contributed by atoms with E-state index in [2.05, 4.69) is 12.2 Å². The van der Waals surface area contributed by atoms with E-state index < -0.39 is 0 Å². The van der Waals surface area contributed by atoms with Gasteiger partial charge in [0.1, 0.15) is 0 Å². The zero-order valence-electron chi connectivity index (χ0n) is 7.23. The lowest BCUT2D eigenvalue weighted by Gasteiger charge is -2.21. The van der Waals surface area contributed by atoms with Crippen LogP contribution in [0.4, 0.5) is 0 Å². The molecule has 0 radical (unpaired) electrons. The summed E-state index contributed by atoms with van der Waals surface area (Å²) < 4.78 is 0. The molecule has 1 N–H and O–H groups in total.